The van der Waals surface area contributed by atoms with E-state index in [0.717, 1.165) is 5.75 Å². The summed E-state index contributed by atoms with van der Waals surface area (Å²) in [5, 5.41) is 13.5. The lowest BCUT2D eigenvalue weighted by Gasteiger charge is -2.07. The van der Waals surface area contributed by atoms with Crippen molar-refractivity contribution in [1.82, 2.24) is 5.01 Å². The highest BCUT2D eigenvalue weighted by Gasteiger charge is 2.17. The van der Waals surface area contributed by atoms with Crippen LogP contribution in [0.1, 0.15) is 5.76 Å². The first-order valence-corrected chi connectivity index (χ1v) is 6.66. The molecule has 0 aliphatic carbocycles. The summed E-state index contributed by atoms with van der Waals surface area (Å²) in [5.74, 6) is 1.23. The molecule has 0 radical (unpaired) electrons. The van der Waals surface area contributed by atoms with Gasteiger partial charge in [0.15, 0.2) is 6.54 Å². The molecule has 0 fully saturated rings. The fourth-order valence-electron chi connectivity index (χ4n) is 1.79. The van der Waals surface area contributed by atoms with Crippen LogP contribution in [0.15, 0.2) is 51.9 Å². The molecular weight excluding hydrogens is 286 g/mol. The number of rotatable bonds is 7. The minimum atomic E-state index is -0.290. The van der Waals surface area contributed by atoms with E-state index in [1.54, 1.807) is 0 Å². The van der Waals surface area contributed by atoms with Crippen LogP contribution in [0.5, 0.6) is 11.5 Å². The van der Waals surface area contributed by atoms with E-state index in [2.05, 4.69) is 5.08 Å². The summed E-state index contributed by atoms with van der Waals surface area (Å²) in [6, 6.07) is 10.6. The number of hydrogen-bond donors (Lipinski definition) is 0. The number of para-hydroxylation sites is 1. The summed E-state index contributed by atoms with van der Waals surface area (Å²) in [6.07, 6.45) is 1.23. The van der Waals surface area contributed by atoms with Crippen LogP contribution in [0.4, 0.5) is 0 Å². The number of ether oxygens (including phenoxy) is 2. The Hall–Kier alpha value is -3.01. The van der Waals surface area contributed by atoms with Gasteiger partial charge in [0.25, 0.3) is 5.39 Å². The van der Waals surface area contributed by atoms with E-state index in [1.165, 1.54) is 24.4 Å². The van der Waals surface area contributed by atoms with Gasteiger partial charge in [-0.3, -0.25) is 4.79 Å². The van der Waals surface area contributed by atoms with Gasteiger partial charge in [-0.2, -0.15) is 0 Å². The van der Waals surface area contributed by atoms with Crippen LogP contribution in [-0.4, -0.2) is 25.3 Å². The van der Waals surface area contributed by atoms with E-state index in [1.807, 2.05) is 30.3 Å². The molecule has 1 heterocycles. The lowest BCUT2D eigenvalue weighted by molar-refractivity contribution is 0.233. The number of nitrogens with zero attached hydrogens (tertiary/aromatic N) is 3. The quantitative estimate of drug-likeness (QED) is 0.576. The van der Waals surface area contributed by atoms with E-state index in [-0.39, 0.29) is 17.7 Å². The van der Waals surface area contributed by atoms with Crippen molar-refractivity contribution in [1.29, 1.82) is 5.39 Å². The second kappa shape index (κ2) is 7.69. The van der Waals surface area contributed by atoms with Gasteiger partial charge < -0.3 is 13.9 Å². The first-order valence-electron chi connectivity index (χ1n) is 6.66. The molecule has 2 aromatic rings. The van der Waals surface area contributed by atoms with Crippen molar-refractivity contribution in [3.8, 4) is 11.5 Å². The molecule has 2 rings (SSSR count). The van der Waals surface area contributed by atoms with E-state index < -0.39 is 0 Å². The topological polar surface area (TPSA) is 80.1 Å². The van der Waals surface area contributed by atoms with Crippen molar-refractivity contribution in [2.45, 2.75) is 6.54 Å². The maximum Gasteiger partial charge on any atom is 0.306 e. The average Bonchev–Trinajstić information content (AvgIpc) is 2.55. The zero-order valence-electron chi connectivity index (χ0n) is 12.1. The van der Waals surface area contributed by atoms with Crippen molar-refractivity contribution >= 4 is 0 Å². The van der Waals surface area contributed by atoms with Crippen molar-refractivity contribution in [2.75, 3.05) is 20.3 Å². The Bertz CT molecular complexity index is 694. The van der Waals surface area contributed by atoms with Gasteiger partial charge in [-0.05, 0) is 17.1 Å². The predicted molar refractivity (Wildman–Crippen MR) is 79.0 cm³/mol. The zero-order chi connectivity index (χ0) is 15.8. The first-order chi connectivity index (χ1) is 10.7. The summed E-state index contributed by atoms with van der Waals surface area (Å²) in [7, 11) is 1.39. The lowest BCUT2D eigenvalue weighted by Crippen LogP contribution is -2.22. The lowest BCUT2D eigenvalue weighted by atomic mass is 10.3. The molecule has 22 heavy (non-hydrogen) atoms. The van der Waals surface area contributed by atoms with Crippen molar-refractivity contribution < 1.29 is 13.9 Å². The summed E-state index contributed by atoms with van der Waals surface area (Å²) in [5.41, 5.74) is -0.290. The Balaban J connectivity index is 1.88. The third-order valence-corrected chi connectivity index (χ3v) is 2.90. The molecule has 0 unspecified atom stereocenters. The molecule has 0 atom stereocenters. The Morgan fingerprint density at radius 1 is 1.32 bits per heavy atom. The van der Waals surface area contributed by atoms with Gasteiger partial charge in [-0.15, -0.1) is 0 Å². The Morgan fingerprint density at radius 2 is 2.09 bits per heavy atom. The van der Waals surface area contributed by atoms with Crippen LogP contribution < -0.4 is 14.9 Å². The average molecular weight is 302 g/mol. The highest BCUT2D eigenvalue weighted by Crippen LogP contribution is 2.10. The Kier molecular flexibility index (Phi) is 5.37. The predicted octanol–water partition coefficient (Wildman–Crippen LogP) is 2.30. The number of hydrogen-bond acceptors (Lipinski definition) is 6. The molecule has 7 nitrogen and oxygen atoms in total. The van der Waals surface area contributed by atoms with Gasteiger partial charge in [0.05, 0.1) is 7.11 Å². The van der Waals surface area contributed by atoms with Crippen LogP contribution in [-0.2, 0) is 6.54 Å². The summed E-state index contributed by atoms with van der Waals surface area (Å²) < 4.78 is 15.6. The van der Waals surface area contributed by atoms with Crippen LogP contribution in [0.25, 0.3) is 5.08 Å². The molecule has 0 N–H and O–H groups in total. The van der Waals surface area contributed by atoms with Gasteiger partial charge in [0.1, 0.15) is 30.9 Å². The number of diazo groups is 1. The van der Waals surface area contributed by atoms with E-state index in [4.69, 9.17) is 19.3 Å². The van der Waals surface area contributed by atoms with Crippen molar-refractivity contribution in [3.05, 3.63) is 63.7 Å². The Morgan fingerprint density at radius 3 is 2.73 bits per heavy atom. The third-order valence-electron chi connectivity index (χ3n) is 2.90. The fourth-order valence-corrected chi connectivity index (χ4v) is 1.79. The zero-order valence-corrected chi connectivity index (χ0v) is 12.1. The van der Waals surface area contributed by atoms with Crippen molar-refractivity contribution in [2.24, 2.45) is 0 Å². The normalized spacial score (nSPS) is 9.82. The van der Waals surface area contributed by atoms with Gasteiger partial charge in [-0.25, -0.2) is 0 Å². The minimum absolute atomic E-state index is 0.128. The van der Waals surface area contributed by atoms with Gasteiger partial charge in [-0.1, -0.05) is 18.2 Å². The van der Waals surface area contributed by atoms with Crippen LogP contribution >= 0.6 is 0 Å². The molecule has 0 bridgehead atoms. The van der Waals surface area contributed by atoms with Crippen molar-refractivity contribution in [3.63, 3.8) is 0 Å². The largest absolute Gasteiger partial charge is 0.491 e. The third kappa shape index (κ3) is 4.24. The molecule has 0 aliphatic heterocycles. The molecular formula is C15H16N3O4+. The molecule has 0 aliphatic rings. The number of methoxy groups -OCH3 is 1. The monoisotopic (exact) mass is 302 g/mol. The maximum absolute atomic E-state index is 11.6. The summed E-state index contributed by atoms with van der Waals surface area (Å²) in [4.78, 5) is 11.6. The molecule has 114 valence electrons. The summed E-state index contributed by atoms with van der Waals surface area (Å²) in [6.45, 7) is 0.809. The summed E-state index contributed by atoms with van der Waals surface area (Å²) >= 11 is 0. The highest BCUT2D eigenvalue weighted by atomic mass is 16.5. The highest BCUT2D eigenvalue weighted by molar-refractivity contribution is 5.21. The maximum atomic E-state index is 11.6. The molecule has 0 amide bonds. The number of benzene rings is 1. The van der Waals surface area contributed by atoms with E-state index in [0.29, 0.717) is 18.9 Å². The molecule has 1 aromatic carbocycles. The molecule has 0 saturated carbocycles. The first kappa shape index (κ1) is 15.4. The Labute approximate surface area is 127 Å². The van der Waals surface area contributed by atoms with Gasteiger partial charge in [0.2, 0.25) is 11.2 Å². The second-order valence-corrected chi connectivity index (χ2v) is 4.42. The standard InChI is InChI=1S/C15H16N3O4/c1-20-15-11-22-13(9-14(15)19)10-18(17-16)7-8-21-12-5-3-2-4-6-12/h2-6,9,11H,7-8,10H2,1H3/q+1. The smallest absolute Gasteiger partial charge is 0.306 e. The van der Waals surface area contributed by atoms with Crippen LogP contribution in [0.2, 0.25) is 0 Å². The van der Waals surface area contributed by atoms with Crippen LogP contribution in [0, 0.1) is 5.39 Å². The molecule has 1 aromatic heterocycles. The van der Waals surface area contributed by atoms with E-state index >= 15 is 0 Å². The minimum Gasteiger partial charge on any atom is -0.491 e. The van der Waals surface area contributed by atoms with Crippen LogP contribution in [0.3, 0.4) is 0 Å². The van der Waals surface area contributed by atoms with E-state index in [9.17, 15) is 4.79 Å². The second-order valence-electron chi connectivity index (χ2n) is 4.42. The SMILES string of the molecule is COc1coc(CN(CCOc2ccccc2)[N+]#N)cc1=O. The van der Waals surface area contributed by atoms with Gasteiger partial charge >= 0.3 is 5.08 Å². The molecule has 7 heteroatoms. The molecule has 0 spiro atoms. The van der Waals surface area contributed by atoms with Gasteiger partial charge in [0, 0.05) is 6.07 Å². The molecule has 0 saturated heterocycles. The fraction of sp³-hybridized carbons (Fsp3) is 0.267.